The van der Waals surface area contributed by atoms with Gasteiger partial charge in [0.05, 0.1) is 0 Å². The lowest BCUT2D eigenvalue weighted by Gasteiger charge is -2.25. The smallest absolute Gasteiger partial charge is 0.252 e. The van der Waals surface area contributed by atoms with Gasteiger partial charge in [-0.25, -0.2) is 8.78 Å². The van der Waals surface area contributed by atoms with Gasteiger partial charge < -0.3 is 10.5 Å². The third-order valence-electron chi connectivity index (χ3n) is 2.25. The summed E-state index contributed by atoms with van der Waals surface area (Å²) in [5.41, 5.74) is 5.19. The van der Waals surface area contributed by atoms with Crippen LogP contribution in [0, 0.1) is 11.6 Å². The first kappa shape index (κ1) is 9.18. The Kier molecular flexibility index (Phi) is 2.23. The number of halogens is 2. The molecule has 14 heavy (non-hydrogen) atoms. The molecule has 2 rings (SSSR count). The minimum absolute atomic E-state index is 0.00172. The van der Waals surface area contributed by atoms with Gasteiger partial charge in [0.15, 0.2) is 17.5 Å². The topological polar surface area (TPSA) is 48.1 Å². The van der Waals surface area contributed by atoms with Crippen molar-refractivity contribution in [3.8, 4) is 5.88 Å². The molecule has 3 nitrogen and oxygen atoms in total. The van der Waals surface area contributed by atoms with E-state index in [1.54, 1.807) is 0 Å². The van der Waals surface area contributed by atoms with Crippen LogP contribution in [0.15, 0.2) is 6.07 Å². The number of hydrogen-bond acceptors (Lipinski definition) is 3. The first-order valence-electron chi connectivity index (χ1n) is 4.45. The summed E-state index contributed by atoms with van der Waals surface area (Å²) in [7, 11) is 0. The summed E-state index contributed by atoms with van der Waals surface area (Å²) in [6.45, 7) is 0. The van der Waals surface area contributed by atoms with Crippen LogP contribution in [-0.4, -0.2) is 11.1 Å². The van der Waals surface area contributed by atoms with Gasteiger partial charge in [-0.05, 0) is 19.3 Å². The maximum Gasteiger partial charge on any atom is 0.252 e. The monoisotopic (exact) mass is 200 g/mol. The molecule has 1 heterocycles. The second-order valence-electron chi connectivity index (χ2n) is 3.31. The highest BCUT2D eigenvalue weighted by Crippen LogP contribution is 2.26. The summed E-state index contributed by atoms with van der Waals surface area (Å²) in [6, 6.07) is 0.691. The molecule has 0 bridgehead atoms. The van der Waals surface area contributed by atoms with E-state index in [1.807, 2.05) is 0 Å². The maximum atomic E-state index is 13.1. The van der Waals surface area contributed by atoms with E-state index in [1.165, 1.54) is 0 Å². The number of nitrogen functional groups attached to an aromatic ring is 1. The predicted octanol–water partition coefficient (Wildman–Crippen LogP) is 1.87. The van der Waals surface area contributed by atoms with E-state index < -0.39 is 11.6 Å². The van der Waals surface area contributed by atoms with Crippen LogP contribution in [0.1, 0.15) is 19.3 Å². The van der Waals surface area contributed by atoms with Gasteiger partial charge in [-0.15, -0.1) is 0 Å². The molecule has 2 N–H and O–H groups in total. The largest absolute Gasteiger partial charge is 0.472 e. The minimum atomic E-state index is -0.858. The summed E-state index contributed by atoms with van der Waals surface area (Å²) < 4.78 is 31.0. The predicted molar refractivity (Wildman–Crippen MR) is 46.8 cm³/mol. The zero-order chi connectivity index (χ0) is 10.1. The molecule has 0 aliphatic heterocycles. The summed E-state index contributed by atoms with van der Waals surface area (Å²) in [6.07, 6.45) is 2.85. The number of ether oxygens (including phenoxy) is 1. The number of rotatable bonds is 2. The Hall–Kier alpha value is -1.39. The quantitative estimate of drug-likeness (QED) is 0.792. The fourth-order valence-corrected chi connectivity index (χ4v) is 1.19. The van der Waals surface area contributed by atoms with Crippen LogP contribution in [0.5, 0.6) is 5.88 Å². The Balaban J connectivity index is 2.19. The average Bonchev–Trinajstić information content (AvgIpc) is 2.06. The van der Waals surface area contributed by atoms with Crippen LogP contribution >= 0.6 is 0 Å². The van der Waals surface area contributed by atoms with E-state index in [0.717, 1.165) is 19.3 Å². The minimum Gasteiger partial charge on any atom is -0.472 e. The summed E-state index contributed by atoms with van der Waals surface area (Å²) in [5, 5.41) is 0. The zero-order valence-corrected chi connectivity index (χ0v) is 7.46. The Bertz CT molecular complexity index is 353. The van der Waals surface area contributed by atoms with E-state index in [4.69, 9.17) is 10.5 Å². The molecule has 1 aromatic heterocycles. The second kappa shape index (κ2) is 3.40. The van der Waals surface area contributed by atoms with Gasteiger partial charge in [0.25, 0.3) is 5.88 Å². The van der Waals surface area contributed by atoms with Crippen molar-refractivity contribution >= 4 is 5.82 Å². The second-order valence-corrected chi connectivity index (χ2v) is 3.31. The van der Waals surface area contributed by atoms with Gasteiger partial charge in [0.1, 0.15) is 6.10 Å². The molecule has 1 aromatic rings. The molecule has 1 saturated carbocycles. The highest BCUT2D eigenvalue weighted by atomic mass is 19.1. The summed E-state index contributed by atoms with van der Waals surface area (Å²) >= 11 is 0. The van der Waals surface area contributed by atoms with Crippen molar-refractivity contribution in [2.24, 2.45) is 0 Å². The van der Waals surface area contributed by atoms with Crippen molar-refractivity contribution in [1.82, 2.24) is 4.98 Å². The van der Waals surface area contributed by atoms with Crippen molar-refractivity contribution < 1.29 is 13.5 Å². The van der Waals surface area contributed by atoms with E-state index in [2.05, 4.69) is 4.98 Å². The Labute approximate surface area is 79.9 Å². The first-order chi connectivity index (χ1) is 6.66. The van der Waals surface area contributed by atoms with Crippen molar-refractivity contribution in [2.45, 2.75) is 25.4 Å². The molecule has 1 aliphatic rings. The van der Waals surface area contributed by atoms with Gasteiger partial charge in [-0.2, -0.15) is 4.98 Å². The average molecular weight is 200 g/mol. The molecule has 1 aliphatic carbocycles. The molecule has 0 atom stereocenters. The highest BCUT2D eigenvalue weighted by Gasteiger charge is 2.22. The van der Waals surface area contributed by atoms with E-state index in [9.17, 15) is 8.78 Å². The van der Waals surface area contributed by atoms with Crippen LogP contribution in [-0.2, 0) is 0 Å². The summed E-state index contributed by atoms with van der Waals surface area (Å²) in [4.78, 5) is 3.50. The van der Waals surface area contributed by atoms with Crippen LogP contribution in [0.3, 0.4) is 0 Å². The first-order valence-corrected chi connectivity index (χ1v) is 4.45. The lowest BCUT2D eigenvalue weighted by Crippen LogP contribution is -2.25. The Morgan fingerprint density at radius 1 is 1.36 bits per heavy atom. The van der Waals surface area contributed by atoms with Gasteiger partial charge in [-0.1, -0.05) is 0 Å². The number of anilines is 1. The fraction of sp³-hybridized carbons (Fsp3) is 0.444. The van der Waals surface area contributed by atoms with E-state index in [0.29, 0.717) is 6.07 Å². The maximum absolute atomic E-state index is 13.1. The molecule has 0 unspecified atom stereocenters. The zero-order valence-electron chi connectivity index (χ0n) is 7.46. The molecule has 0 spiro atoms. The lowest BCUT2D eigenvalue weighted by atomic mass is 9.96. The van der Waals surface area contributed by atoms with Crippen molar-refractivity contribution in [3.05, 3.63) is 17.7 Å². The van der Waals surface area contributed by atoms with Crippen molar-refractivity contribution in [1.29, 1.82) is 0 Å². The van der Waals surface area contributed by atoms with Crippen LogP contribution in [0.2, 0.25) is 0 Å². The number of pyridine rings is 1. The molecule has 76 valence electrons. The Morgan fingerprint density at radius 3 is 2.64 bits per heavy atom. The number of nitrogens with two attached hydrogens (primary N) is 1. The number of nitrogens with zero attached hydrogens (tertiary/aromatic N) is 1. The molecule has 0 radical (unpaired) electrons. The van der Waals surface area contributed by atoms with Gasteiger partial charge in [0.2, 0.25) is 0 Å². The van der Waals surface area contributed by atoms with Crippen molar-refractivity contribution in [3.63, 3.8) is 0 Å². The lowest BCUT2D eigenvalue weighted by molar-refractivity contribution is 0.109. The SMILES string of the molecule is Nc1nc(OC2CCC2)c(F)cc1F. The highest BCUT2D eigenvalue weighted by molar-refractivity contribution is 5.34. The van der Waals surface area contributed by atoms with E-state index in [-0.39, 0.29) is 17.8 Å². The van der Waals surface area contributed by atoms with Gasteiger partial charge in [-0.3, -0.25) is 0 Å². The molecule has 0 amide bonds. The molecular formula is C9H10F2N2O. The molecule has 5 heteroatoms. The molecule has 1 fully saturated rings. The Morgan fingerprint density at radius 2 is 2.07 bits per heavy atom. The van der Waals surface area contributed by atoms with Crippen molar-refractivity contribution in [2.75, 3.05) is 5.73 Å². The number of aromatic nitrogens is 1. The molecular weight excluding hydrogens is 190 g/mol. The third-order valence-corrected chi connectivity index (χ3v) is 2.25. The fourth-order valence-electron chi connectivity index (χ4n) is 1.19. The number of hydrogen-bond donors (Lipinski definition) is 1. The van der Waals surface area contributed by atoms with E-state index >= 15 is 0 Å². The molecule has 0 aromatic carbocycles. The normalized spacial score (nSPS) is 16.4. The van der Waals surface area contributed by atoms with Gasteiger partial charge in [0, 0.05) is 6.07 Å². The molecule has 0 saturated heterocycles. The van der Waals surface area contributed by atoms with Crippen LogP contribution in [0.4, 0.5) is 14.6 Å². The summed E-state index contributed by atoms with van der Waals surface area (Å²) in [5.74, 6) is -2.19. The third kappa shape index (κ3) is 1.62. The standard InChI is InChI=1S/C9H10F2N2O/c10-6-4-7(11)9(13-8(6)12)14-5-2-1-3-5/h4-5H,1-3H2,(H2,12,13). The van der Waals surface area contributed by atoms with Crippen LogP contribution in [0.25, 0.3) is 0 Å². The van der Waals surface area contributed by atoms with Crippen LogP contribution < -0.4 is 10.5 Å². The van der Waals surface area contributed by atoms with Gasteiger partial charge >= 0.3 is 0 Å².